The van der Waals surface area contributed by atoms with E-state index in [9.17, 15) is 28.4 Å². The van der Waals surface area contributed by atoms with Crippen LogP contribution in [0.2, 0.25) is 0 Å². The topological polar surface area (TPSA) is 118 Å². The van der Waals surface area contributed by atoms with Crippen LogP contribution in [0.5, 0.6) is 0 Å². The Hall–Kier alpha value is -2.43. The summed E-state index contributed by atoms with van der Waals surface area (Å²) in [6.07, 6.45) is 0. The van der Waals surface area contributed by atoms with Crippen LogP contribution < -0.4 is 0 Å². The predicted octanol–water partition coefficient (Wildman–Crippen LogP) is 3.23. The van der Waals surface area contributed by atoms with E-state index in [1.54, 1.807) is 38.1 Å². The van der Waals surface area contributed by atoms with Crippen molar-refractivity contribution in [2.75, 3.05) is 12.3 Å². The van der Waals surface area contributed by atoms with E-state index in [4.69, 9.17) is 0 Å². The Morgan fingerprint density at radius 2 is 1.86 bits per heavy atom. The van der Waals surface area contributed by atoms with Crippen LogP contribution in [-0.2, 0) is 14.8 Å². The lowest BCUT2D eigenvalue weighted by atomic mass is 10.0. The Morgan fingerprint density at radius 3 is 2.45 bits per heavy atom. The summed E-state index contributed by atoms with van der Waals surface area (Å²) in [5.41, 5.74) is 1.15. The SMILES string of the molecule is CC1(C)SCCN(S(=O)(=O)c2ccc(-c3cccc([N+](=O)[O-])c3)cc2)C1C(=O)O. The first-order valence-electron chi connectivity index (χ1n) is 8.77. The molecule has 3 rings (SSSR count). The van der Waals surface area contributed by atoms with Crippen molar-refractivity contribution in [3.63, 3.8) is 0 Å². The number of benzene rings is 2. The molecule has 2 aromatic carbocycles. The van der Waals surface area contributed by atoms with E-state index in [0.29, 0.717) is 16.9 Å². The van der Waals surface area contributed by atoms with E-state index in [1.165, 1.54) is 36.0 Å². The van der Waals surface area contributed by atoms with Gasteiger partial charge in [-0.25, -0.2) is 8.42 Å². The van der Waals surface area contributed by atoms with E-state index in [0.717, 1.165) is 4.31 Å². The van der Waals surface area contributed by atoms with E-state index < -0.39 is 31.7 Å². The maximum absolute atomic E-state index is 13.1. The highest BCUT2D eigenvalue weighted by Crippen LogP contribution is 2.38. The molecule has 1 aliphatic rings. The largest absolute Gasteiger partial charge is 0.480 e. The molecule has 0 aliphatic carbocycles. The monoisotopic (exact) mass is 436 g/mol. The molecule has 154 valence electrons. The van der Waals surface area contributed by atoms with Gasteiger partial charge in [0.1, 0.15) is 6.04 Å². The molecular weight excluding hydrogens is 416 g/mol. The minimum Gasteiger partial charge on any atom is -0.480 e. The van der Waals surface area contributed by atoms with Gasteiger partial charge >= 0.3 is 5.97 Å². The van der Waals surface area contributed by atoms with Gasteiger partial charge in [-0.2, -0.15) is 16.1 Å². The standard InChI is InChI=1S/C19H20N2O6S2/c1-19(2)17(18(22)23)20(10-11-28-19)29(26,27)16-8-6-13(7-9-16)14-4-3-5-15(12-14)21(24)25/h3-9,12,17H,10-11H2,1-2H3,(H,22,23). The van der Waals surface area contributed by atoms with Crippen molar-refractivity contribution in [3.8, 4) is 11.1 Å². The summed E-state index contributed by atoms with van der Waals surface area (Å²) in [7, 11) is -4.02. The normalized spacial score (nSPS) is 19.6. The number of carbonyl (C=O) groups is 1. The van der Waals surface area contributed by atoms with E-state index in [-0.39, 0.29) is 17.1 Å². The molecule has 0 spiro atoms. The smallest absolute Gasteiger partial charge is 0.323 e. The average molecular weight is 437 g/mol. The van der Waals surface area contributed by atoms with Gasteiger partial charge in [-0.15, -0.1) is 0 Å². The summed E-state index contributed by atoms with van der Waals surface area (Å²) in [6, 6.07) is 10.8. The number of thioether (sulfide) groups is 1. The number of carboxylic acids is 1. The quantitative estimate of drug-likeness (QED) is 0.565. The molecule has 0 saturated carbocycles. The molecule has 0 bridgehead atoms. The lowest BCUT2D eigenvalue weighted by Crippen LogP contribution is -2.58. The summed E-state index contributed by atoms with van der Waals surface area (Å²) < 4.78 is 26.6. The van der Waals surface area contributed by atoms with Crippen molar-refractivity contribution in [3.05, 3.63) is 58.6 Å². The van der Waals surface area contributed by atoms with Crippen LogP contribution in [0.3, 0.4) is 0 Å². The van der Waals surface area contributed by atoms with Crippen LogP contribution in [0.15, 0.2) is 53.4 Å². The Bertz CT molecular complexity index is 1050. The molecular formula is C19H20N2O6S2. The van der Waals surface area contributed by atoms with Gasteiger partial charge < -0.3 is 5.11 Å². The molecule has 29 heavy (non-hydrogen) atoms. The molecule has 1 aliphatic heterocycles. The van der Waals surface area contributed by atoms with Gasteiger partial charge in [-0.3, -0.25) is 14.9 Å². The number of sulfonamides is 1. The average Bonchev–Trinajstić information content (AvgIpc) is 2.67. The van der Waals surface area contributed by atoms with Gasteiger partial charge in [-0.05, 0) is 37.1 Å². The first-order valence-corrected chi connectivity index (χ1v) is 11.2. The summed E-state index contributed by atoms with van der Waals surface area (Å²) in [5, 5.41) is 20.6. The molecule has 1 N–H and O–H groups in total. The van der Waals surface area contributed by atoms with Gasteiger partial charge in [0.25, 0.3) is 5.69 Å². The molecule has 0 radical (unpaired) electrons. The number of carboxylic acid groups (broad SMARTS) is 1. The van der Waals surface area contributed by atoms with Gasteiger partial charge in [-0.1, -0.05) is 24.3 Å². The molecule has 8 nitrogen and oxygen atoms in total. The summed E-state index contributed by atoms with van der Waals surface area (Å²) in [6.45, 7) is 3.56. The van der Waals surface area contributed by atoms with Gasteiger partial charge in [0.05, 0.1) is 9.82 Å². The Morgan fingerprint density at radius 1 is 1.21 bits per heavy atom. The van der Waals surface area contributed by atoms with Crippen LogP contribution >= 0.6 is 11.8 Å². The third-order valence-electron chi connectivity index (χ3n) is 4.82. The third kappa shape index (κ3) is 4.14. The minimum atomic E-state index is -4.02. The molecule has 1 heterocycles. The second-order valence-electron chi connectivity index (χ2n) is 7.14. The fraction of sp³-hybridized carbons (Fsp3) is 0.316. The van der Waals surface area contributed by atoms with Gasteiger partial charge in [0.2, 0.25) is 10.0 Å². The predicted molar refractivity (Wildman–Crippen MR) is 110 cm³/mol. The van der Waals surface area contributed by atoms with Crippen molar-refractivity contribution in [1.82, 2.24) is 4.31 Å². The zero-order valence-corrected chi connectivity index (χ0v) is 17.4. The summed E-state index contributed by atoms with van der Waals surface area (Å²) in [5.74, 6) is -0.680. The van der Waals surface area contributed by atoms with Crippen LogP contribution in [0.4, 0.5) is 5.69 Å². The molecule has 1 fully saturated rings. The third-order valence-corrected chi connectivity index (χ3v) is 8.05. The number of rotatable bonds is 5. The number of nitro benzene ring substituents is 1. The highest BCUT2D eigenvalue weighted by molar-refractivity contribution is 8.00. The number of nitro groups is 1. The zero-order valence-electron chi connectivity index (χ0n) is 15.8. The number of non-ortho nitro benzene ring substituents is 1. The molecule has 0 amide bonds. The lowest BCUT2D eigenvalue weighted by Gasteiger charge is -2.42. The zero-order chi connectivity index (χ0) is 21.4. The van der Waals surface area contributed by atoms with Crippen molar-refractivity contribution in [1.29, 1.82) is 0 Å². The second kappa shape index (κ2) is 7.77. The number of aliphatic carboxylic acids is 1. The summed E-state index contributed by atoms with van der Waals surface area (Å²) >= 11 is 1.43. The maximum Gasteiger partial charge on any atom is 0.323 e. The molecule has 1 unspecified atom stereocenters. The Kier molecular flexibility index (Phi) is 5.70. The summed E-state index contributed by atoms with van der Waals surface area (Å²) in [4.78, 5) is 22.3. The lowest BCUT2D eigenvalue weighted by molar-refractivity contribution is -0.384. The number of hydrogen-bond donors (Lipinski definition) is 1. The first-order chi connectivity index (χ1) is 13.5. The molecule has 1 saturated heterocycles. The van der Waals surface area contributed by atoms with Gasteiger partial charge in [0, 0.05) is 29.2 Å². The van der Waals surface area contributed by atoms with Crippen LogP contribution in [-0.4, -0.2) is 51.8 Å². The molecule has 0 aromatic heterocycles. The molecule has 1 atom stereocenters. The van der Waals surface area contributed by atoms with Crippen molar-refractivity contribution in [2.45, 2.75) is 29.5 Å². The second-order valence-corrected chi connectivity index (χ2v) is 10.8. The van der Waals surface area contributed by atoms with E-state index in [2.05, 4.69) is 0 Å². The number of nitrogens with zero attached hydrogens (tertiary/aromatic N) is 2. The number of hydrogen-bond acceptors (Lipinski definition) is 6. The fourth-order valence-corrected chi connectivity index (χ4v) is 6.48. The maximum atomic E-state index is 13.1. The van der Waals surface area contributed by atoms with Gasteiger partial charge in [0.15, 0.2) is 0 Å². The van der Waals surface area contributed by atoms with E-state index >= 15 is 0 Å². The highest BCUT2D eigenvalue weighted by atomic mass is 32.2. The van der Waals surface area contributed by atoms with Crippen molar-refractivity contribution < 1.29 is 23.2 Å². The Labute approximate surface area is 172 Å². The van der Waals surface area contributed by atoms with E-state index in [1.807, 2.05) is 0 Å². The first kappa shape index (κ1) is 21.3. The minimum absolute atomic E-state index is 0.0133. The van der Waals surface area contributed by atoms with Crippen LogP contribution in [0.1, 0.15) is 13.8 Å². The van der Waals surface area contributed by atoms with Crippen molar-refractivity contribution >= 4 is 33.4 Å². The van der Waals surface area contributed by atoms with Crippen LogP contribution in [0, 0.1) is 10.1 Å². The fourth-order valence-electron chi connectivity index (χ4n) is 3.39. The molecule has 2 aromatic rings. The molecule has 10 heteroatoms. The Balaban J connectivity index is 1.95. The van der Waals surface area contributed by atoms with Crippen molar-refractivity contribution in [2.24, 2.45) is 0 Å². The highest BCUT2D eigenvalue weighted by Gasteiger charge is 2.48. The van der Waals surface area contributed by atoms with Crippen LogP contribution in [0.25, 0.3) is 11.1 Å².